The van der Waals surface area contributed by atoms with Crippen LogP contribution in [-0.2, 0) is 4.79 Å². The first-order valence-electron chi connectivity index (χ1n) is 8.49. The largest absolute Gasteiger partial charge is 0.341 e. The lowest BCUT2D eigenvalue weighted by Gasteiger charge is -2.22. The SMILES string of the molecule is Nn1c(S[C@H](C(=O)N2CCCC2)c2ccccc2)nnc1-c1cccs1. The fraction of sp³-hybridized carbons (Fsp3) is 0.278. The van der Waals surface area contributed by atoms with E-state index in [0.717, 1.165) is 36.4 Å². The number of thioether (sulfide) groups is 1. The molecule has 26 heavy (non-hydrogen) atoms. The number of nitrogens with zero attached hydrogens (tertiary/aromatic N) is 4. The lowest BCUT2D eigenvalue weighted by molar-refractivity contribution is -0.129. The van der Waals surface area contributed by atoms with E-state index < -0.39 is 0 Å². The van der Waals surface area contributed by atoms with Crippen LogP contribution >= 0.6 is 23.1 Å². The fourth-order valence-electron chi connectivity index (χ4n) is 3.03. The molecule has 0 spiro atoms. The minimum absolute atomic E-state index is 0.111. The second kappa shape index (κ2) is 7.51. The van der Waals surface area contributed by atoms with Crippen LogP contribution in [-0.4, -0.2) is 38.8 Å². The van der Waals surface area contributed by atoms with Gasteiger partial charge in [0, 0.05) is 13.1 Å². The van der Waals surface area contributed by atoms with Crippen LogP contribution in [0.25, 0.3) is 10.7 Å². The Morgan fingerprint density at radius 1 is 1.12 bits per heavy atom. The number of likely N-dealkylation sites (tertiary alicyclic amines) is 1. The van der Waals surface area contributed by atoms with E-state index in [1.54, 1.807) is 11.3 Å². The zero-order valence-electron chi connectivity index (χ0n) is 14.1. The number of rotatable bonds is 5. The monoisotopic (exact) mass is 385 g/mol. The van der Waals surface area contributed by atoms with Crippen LogP contribution in [0, 0.1) is 0 Å². The summed E-state index contributed by atoms with van der Waals surface area (Å²) in [6.07, 6.45) is 2.13. The summed E-state index contributed by atoms with van der Waals surface area (Å²) in [5.74, 6) is 6.95. The number of nitrogens with two attached hydrogens (primary N) is 1. The van der Waals surface area contributed by atoms with Crippen molar-refractivity contribution in [3.05, 3.63) is 53.4 Å². The first-order valence-corrected chi connectivity index (χ1v) is 10.2. The van der Waals surface area contributed by atoms with Crippen molar-refractivity contribution >= 4 is 29.0 Å². The molecule has 1 amide bonds. The molecule has 1 aliphatic heterocycles. The van der Waals surface area contributed by atoms with Gasteiger partial charge in [0.1, 0.15) is 5.25 Å². The molecule has 1 atom stereocenters. The molecule has 2 aromatic heterocycles. The Morgan fingerprint density at radius 2 is 1.88 bits per heavy atom. The molecule has 1 aliphatic rings. The lowest BCUT2D eigenvalue weighted by Crippen LogP contribution is -2.31. The van der Waals surface area contributed by atoms with Crippen LogP contribution in [0.1, 0.15) is 23.7 Å². The Balaban J connectivity index is 1.64. The normalized spacial score (nSPS) is 15.3. The number of aromatic nitrogens is 3. The second-order valence-electron chi connectivity index (χ2n) is 6.09. The molecule has 1 fully saturated rings. The molecule has 4 rings (SSSR count). The van der Waals surface area contributed by atoms with Gasteiger partial charge in [0.2, 0.25) is 11.1 Å². The first kappa shape index (κ1) is 17.1. The predicted octanol–water partition coefficient (Wildman–Crippen LogP) is 3.18. The number of nitrogen functional groups attached to an aromatic ring is 1. The first-order chi connectivity index (χ1) is 12.7. The van der Waals surface area contributed by atoms with Gasteiger partial charge in [-0.25, -0.2) is 4.68 Å². The van der Waals surface area contributed by atoms with E-state index in [1.807, 2.05) is 52.7 Å². The number of carbonyl (C=O) groups excluding carboxylic acids is 1. The average Bonchev–Trinajstić information content (AvgIpc) is 3.42. The summed E-state index contributed by atoms with van der Waals surface area (Å²) < 4.78 is 1.48. The van der Waals surface area contributed by atoms with E-state index >= 15 is 0 Å². The van der Waals surface area contributed by atoms with Gasteiger partial charge >= 0.3 is 0 Å². The summed E-state index contributed by atoms with van der Waals surface area (Å²) in [5, 5.41) is 10.6. The number of thiophene rings is 1. The van der Waals surface area contributed by atoms with Crippen molar-refractivity contribution in [2.24, 2.45) is 0 Å². The molecular formula is C18H19N5OS2. The number of hydrogen-bond acceptors (Lipinski definition) is 6. The van der Waals surface area contributed by atoms with Gasteiger partial charge in [-0.3, -0.25) is 4.79 Å². The van der Waals surface area contributed by atoms with Crippen molar-refractivity contribution in [2.75, 3.05) is 18.9 Å². The van der Waals surface area contributed by atoms with E-state index in [9.17, 15) is 4.79 Å². The molecule has 8 heteroatoms. The third-order valence-electron chi connectivity index (χ3n) is 4.37. The van der Waals surface area contributed by atoms with Gasteiger partial charge in [-0.15, -0.1) is 21.5 Å². The Kier molecular flexibility index (Phi) is 4.94. The van der Waals surface area contributed by atoms with E-state index in [4.69, 9.17) is 5.84 Å². The van der Waals surface area contributed by atoms with E-state index in [2.05, 4.69) is 10.2 Å². The molecule has 6 nitrogen and oxygen atoms in total. The van der Waals surface area contributed by atoms with Crippen LogP contribution in [0.5, 0.6) is 0 Å². The molecule has 0 aliphatic carbocycles. The van der Waals surface area contributed by atoms with Crippen molar-refractivity contribution < 1.29 is 4.79 Å². The van der Waals surface area contributed by atoms with Crippen molar-refractivity contribution in [3.63, 3.8) is 0 Å². The highest BCUT2D eigenvalue weighted by Gasteiger charge is 2.30. The maximum absolute atomic E-state index is 13.1. The highest BCUT2D eigenvalue weighted by molar-refractivity contribution is 8.00. The molecule has 3 aromatic rings. The average molecular weight is 386 g/mol. The molecule has 0 saturated carbocycles. The minimum Gasteiger partial charge on any atom is -0.341 e. The van der Waals surface area contributed by atoms with Gasteiger partial charge in [-0.1, -0.05) is 48.2 Å². The quantitative estimate of drug-likeness (QED) is 0.539. The maximum Gasteiger partial charge on any atom is 0.240 e. The molecular weight excluding hydrogens is 366 g/mol. The molecule has 0 bridgehead atoms. The van der Waals surface area contributed by atoms with Crippen LogP contribution in [0.4, 0.5) is 0 Å². The maximum atomic E-state index is 13.1. The van der Waals surface area contributed by atoms with Gasteiger partial charge in [-0.2, -0.15) is 0 Å². The highest BCUT2D eigenvalue weighted by Crippen LogP contribution is 2.37. The van der Waals surface area contributed by atoms with E-state index in [1.165, 1.54) is 16.4 Å². The summed E-state index contributed by atoms with van der Waals surface area (Å²) >= 11 is 2.92. The molecule has 2 N–H and O–H groups in total. The van der Waals surface area contributed by atoms with E-state index in [0.29, 0.717) is 11.0 Å². The molecule has 1 aromatic carbocycles. The third-order valence-corrected chi connectivity index (χ3v) is 6.44. The summed E-state index contributed by atoms with van der Waals surface area (Å²) in [5.41, 5.74) is 0.954. The zero-order chi connectivity index (χ0) is 17.9. The Morgan fingerprint density at radius 3 is 2.58 bits per heavy atom. The van der Waals surface area contributed by atoms with Gasteiger partial charge in [0.15, 0.2) is 5.82 Å². The Bertz CT molecular complexity index is 872. The third kappa shape index (κ3) is 3.34. The Hall–Kier alpha value is -2.32. The summed E-state index contributed by atoms with van der Waals surface area (Å²) in [7, 11) is 0. The standard InChI is InChI=1S/C18H19N5OS2/c19-23-16(14-9-6-12-25-14)20-21-18(23)26-15(13-7-2-1-3-8-13)17(24)22-10-4-5-11-22/h1-3,6-9,12,15H,4-5,10-11,19H2/t15-/m0/s1. The Labute approximate surface area is 160 Å². The second-order valence-corrected chi connectivity index (χ2v) is 8.11. The minimum atomic E-state index is -0.378. The number of hydrogen-bond donors (Lipinski definition) is 1. The summed E-state index contributed by atoms with van der Waals surface area (Å²) in [4.78, 5) is 16.0. The number of benzene rings is 1. The van der Waals surface area contributed by atoms with Crippen LogP contribution in [0.15, 0.2) is 53.0 Å². The molecule has 134 valence electrons. The van der Waals surface area contributed by atoms with Crippen LogP contribution in [0.3, 0.4) is 0 Å². The van der Waals surface area contributed by atoms with Gasteiger partial charge < -0.3 is 10.7 Å². The van der Waals surface area contributed by atoms with Crippen molar-refractivity contribution in [3.8, 4) is 10.7 Å². The molecule has 0 radical (unpaired) electrons. The number of carbonyl (C=O) groups is 1. The van der Waals surface area contributed by atoms with Crippen LogP contribution < -0.4 is 5.84 Å². The van der Waals surface area contributed by atoms with Crippen molar-refractivity contribution in [1.29, 1.82) is 0 Å². The molecule has 3 heterocycles. The number of amides is 1. The summed E-state index contributed by atoms with van der Waals surface area (Å²) in [6, 6.07) is 13.7. The van der Waals surface area contributed by atoms with E-state index in [-0.39, 0.29) is 11.2 Å². The topological polar surface area (TPSA) is 77.0 Å². The lowest BCUT2D eigenvalue weighted by atomic mass is 10.1. The smallest absolute Gasteiger partial charge is 0.240 e. The molecule has 1 saturated heterocycles. The van der Waals surface area contributed by atoms with Crippen molar-refractivity contribution in [1.82, 2.24) is 19.8 Å². The molecule has 0 unspecified atom stereocenters. The van der Waals surface area contributed by atoms with Gasteiger partial charge in [-0.05, 0) is 29.9 Å². The predicted molar refractivity (Wildman–Crippen MR) is 104 cm³/mol. The fourth-order valence-corrected chi connectivity index (χ4v) is 4.78. The zero-order valence-corrected chi connectivity index (χ0v) is 15.7. The highest BCUT2D eigenvalue weighted by atomic mass is 32.2. The van der Waals surface area contributed by atoms with Gasteiger partial charge in [0.05, 0.1) is 4.88 Å². The van der Waals surface area contributed by atoms with Crippen molar-refractivity contribution in [2.45, 2.75) is 23.2 Å². The van der Waals surface area contributed by atoms with Crippen LogP contribution in [0.2, 0.25) is 0 Å². The summed E-state index contributed by atoms with van der Waals surface area (Å²) in [6.45, 7) is 1.64. The van der Waals surface area contributed by atoms with Gasteiger partial charge in [0.25, 0.3) is 0 Å².